The third-order valence-corrected chi connectivity index (χ3v) is 3.56. The second kappa shape index (κ2) is 4.90. The average Bonchev–Trinajstić information content (AvgIpc) is 2.86. The van der Waals surface area contributed by atoms with E-state index in [1.807, 2.05) is 19.3 Å². The molecule has 0 saturated carbocycles. The van der Waals surface area contributed by atoms with Crippen LogP contribution in [-0.4, -0.2) is 17.0 Å². The van der Waals surface area contributed by atoms with Gasteiger partial charge < -0.3 is 9.73 Å². The Kier molecular flexibility index (Phi) is 3.11. The van der Waals surface area contributed by atoms with Gasteiger partial charge in [-0.1, -0.05) is 6.42 Å². The molecule has 0 radical (unpaired) electrons. The molecule has 0 aliphatic heterocycles. The molecule has 2 aromatic rings. The molecule has 2 aromatic heterocycles. The van der Waals surface area contributed by atoms with Crippen molar-refractivity contribution in [1.82, 2.24) is 15.3 Å². The van der Waals surface area contributed by atoms with Crippen molar-refractivity contribution < 1.29 is 4.42 Å². The standard InChI is InChI=1S/C14H17N3O/c1-15-12-4-2-3-5-13-11(12)8-16-14(17-13)10-6-7-18-9-10/h6-9,12,15H,2-5H2,1H3. The van der Waals surface area contributed by atoms with Crippen LogP contribution in [0.5, 0.6) is 0 Å². The number of furan rings is 1. The summed E-state index contributed by atoms with van der Waals surface area (Å²) in [6.45, 7) is 0. The highest BCUT2D eigenvalue weighted by Gasteiger charge is 2.19. The van der Waals surface area contributed by atoms with Gasteiger partial charge in [0.2, 0.25) is 0 Å². The largest absolute Gasteiger partial charge is 0.472 e. The molecule has 18 heavy (non-hydrogen) atoms. The highest BCUT2D eigenvalue weighted by atomic mass is 16.3. The SMILES string of the molecule is CNC1CCCCc2nc(-c3ccoc3)ncc21. The summed E-state index contributed by atoms with van der Waals surface area (Å²) < 4.78 is 5.09. The Hall–Kier alpha value is -1.68. The number of rotatable bonds is 2. The molecule has 94 valence electrons. The molecule has 0 spiro atoms. The first-order chi connectivity index (χ1) is 8.88. The normalized spacial score (nSPS) is 19.3. The lowest BCUT2D eigenvalue weighted by atomic mass is 10.1. The molecule has 0 saturated heterocycles. The van der Waals surface area contributed by atoms with Crippen LogP contribution < -0.4 is 5.32 Å². The van der Waals surface area contributed by atoms with E-state index in [0.29, 0.717) is 6.04 Å². The number of nitrogens with one attached hydrogen (secondary N) is 1. The molecule has 0 fully saturated rings. The van der Waals surface area contributed by atoms with Gasteiger partial charge in [-0.2, -0.15) is 0 Å². The van der Waals surface area contributed by atoms with Gasteiger partial charge in [0.15, 0.2) is 5.82 Å². The Morgan fingerprint density at radius 3 is 3.11 bits per heavy atom. The van der Waals surface area contributed by atoms with Gasteiger partial charge in [0.1, 0.15) is 6.26 Å². The third kappa shape index (κ3) is 2.04. The summed E-state index contributed by atoms with van der Waals surface area (Å²) in [5.41, 5.74) is 3.38. The number of nitrogens with zero attached hydrogens (tertiary/aromatic N) is 2. The van der Waals surface area contributed by atoms with Crippen molar-refractivity contribution in [3.05, 3.63) is 36.0 Å². The third-order valence-electron chi connectivity index (χ3n) is 3.56. The second-order valence-electron chi connectivity index (χ2n) is 4.69. The number of fused-ring (bicyclic) bond motifs is 1. The maximum Gasteiger partial charge on any atom is 0.162 e. The topological polar surface area (TPSA) is 51.0 Å². The Morgan fingerprint density at radius 2 is 2.33 bits per heavy atom. The maximum atomic E-state index is 5.09. The zero-order valence-corrected chi connectivity index (χ0v) is 10.5. The summed E-state index contributed by atoms with van der Waals surface area (Å²) in [5, 5.41) is 3.36. The van der Waals surface area contributed by atoms with Gasteiger partial charge in [0.05, 0.1) is 11.8 Å². The van der Waals surface area contributed by atoms with Crippen molar-refractivity contribution >= 4 is 0 Å². The van der Waals surface area contributed by atoms with Gasteiger partial charge in [0.25, 0.3) is 0 Å². The Bertz CT molecular complexity index is 522. The molecule has 2 heterocycles. The molecule has 1 atom stereocenters. The Morgan fingerprint density at radius 1 is 1.39 bits per heavy atom. The lowest BCUT2D eigenvalue weighted by Gasteiger charge is -2.15. The first-order valence-corrected chi connectivity index (χ1v) is 6.44. The van der Waals surface area contributed by atoms with Crippen LogP contribution in [0.15, 0.2) is 29.2 Å². The molecular weight excluding hydrogens is 226 g/mol. The zero-order chi connectivity index (χ0) is 12.4. The Balaban J connectivity index is 2.01. The number of hydrogen-bond donors (Lipinski definition) is 1. The van der Waals surface area contributed by atoms with E-state index in [0.717, 1.165) is 24.2 Å². The summed E-state index contributed by atoms with van der Waals surface area (Å²) in [4.78, 5) is 9.17. The monoisotopic (exact) mass is 243 g/mol. The molecular formula is C14H17N3O. The Labute approximate surface area is 106 Å². The van der Waals surface area contributed by atoms with Crippen LogP contribution in [-0.2, 0) is 6.42 Å². The van der Waals surface area contributed by atoms with E-state index in [9.17, 15) is 0 Å². The fourth-order valence-corrected chi connectivity index (χ4v) is 2.54. The second-order valence-corrected chi connectivity index (χ2v) is 4.69. The number of aryl methyl sites for hydroxylation is 1. The van der Waals surface area contributed by atoms with E-state index in [-0.39, 0.29) is 0 Å². The average molecular weight is 243 g/mol. The molecule has 1 aliphatic carbocycles. The van der Waals surface area contributed by atoms with Crippen LogP contribution in [0.3, 0.4) is 0 Å². The van der Waals surface area contributed by atoms with Gasteiger partial charge in [-0.05, 0) is 32.4 Å². The minimum absolute atomic E-state index is 0.390. The zero-order valence-electron chi connectivity index (χ0n) is 10.5. The van der Waals surface area contributed by atoms with E-state index >= 15 is 0 Å². The molecule has 0 bridgehead atoms. The van der Waals surface area contributed by atoms with E-state index in [1.165, 1.54) is 24.1 Å². The van der Waals surface area contributed by atoms with Crippen LogP contribution in [0.1, 0.15) is 36.6 Å². The summed E-state index contributed by atoms with van der Waals surface area (Å²) in [6.07, 6.45) is 9.96. The first-order valence-electron chi connectivity index (χ1n) is 6.44. The summed E-state index contributed by atoms with van der Waals surface area (Å²) >= 11 is 0. The molecule has 3 rings (SSSR count). The quantitative estimate of drug-likeness (QED) is 0.824. The first kappa shape index (κ1) is 11.4. The van der Waals surface area contributed by atoms with Crippen LogP contribution in [0, 0.1) is 0 Å². The van der Waals surface area contributed by atoms with Crippen molar-refractivity contribution in [2.24, 2.45) is 0 Å². The molecule has 1 N–H and O–H groups in total. The fraction of sp³-hybridized carbons (Fsp3) is 0.429. The van der Waals surface area contributed by atoms with Crippen molar-refractivity contribution in [3.8, 4) is 11.4 Å². The summed E-state index contributed by atoms with van der Waals surface area (Å²) in [5.74, 6) is 0.763. The van der Waals surface area contributed by atoms with Crippen LogP contribution >= 0.6 is 0 Å². The maximum absolute atomic E-state index is 5.09. The summed E-state index contributed by atoms with van der Waals surface area (Å²) in [6, 6.07) is 2.29. The number of aromatic nitrogens is 2. The van der Waals surface area contributed by atoms with Gasteiger partial charge in [-0.25, -0.2) is 9.97 Å². The van der Waals surface area contributed by atoms with Crippen molar-refractivity contribution in [2.45, 2.75) is 31.7 Å². The highest BCUT2D eigenvalue weighted by molar-refractivity contribution is 5.53. The van der Waals surface area contributed by atoms with Crippen molar-refractivity contribution in [2.75, 3.05) is 7.05 Å². The van der Waals surface area contributed by atoms with Crippen LogP contribution in [0.2, 0.25) is 0 Å². The van der Waals surface area contributed by atoms with Gasteiger partial charge in [-0.3, -0.25) is 0 Å². The molecule has 1 aliphatic rings. The molecule has 0 aromatic carbocycles. The van der Waals surface area contributed by atoms with Crippen LogP contribution in [0.4, 0.5) is 0 Å². The lowest BCUT2D eigenvalue weighted by molar-refractivity contribution is 0.532. The highest BCUT2D eigenvalue weighted by Crippen LogP contribution is 2.28. The molecule has 1 unspecified atom stereocenters. The lowest BCUT2D eigenvalue weighted by Crippen LogP contribution is -2.17. The smallest absolute Gasteiger partial charge is 0.162 e. The molecule has 4 nitrogen and oxygen atoms in total. The fourth-order valence-electron chi connectivity index (χ4n) is 2.54. The van der Waals surface area contributed by atoms with Crippen LogP contribution in [0.25, 0.3) is 11.4 Å². The van der Waals surface area contributed by atoms with Gasteiger partial charge >= 0.3 is 0 Å². The van der Waals surface area contributed by atoms with Crippen molar-refractivity contribution in [3.63, 3.8) is 0 Å². The van der Waals surface area contributed by atoms with E-state index < -0.39 is 0 Å². The van der Waals surface area contributed by atoms with Gasteiger partial charge in [-0.15, -0.1) is 0 Å². The minimum atomic E-state index is 0.390. The molecule has 0 amide bonds. The molecule has 4 heteroatoms. The van der Waals surface area contributed by atoms with E-state index in [4.69, 9.17) is 9.40 Å². The van der Waals surface area contributed by atoms with Crippen molar-refractivity contribution in [1.29, 1.82) is 0 Å². The van der Waals surface area contributed by atoms with Gasteiger partial charge in [0, 0.05) is 23.5 Å². The minimum Gasteiger partial charge on any atom is -0.472 e. The number of hydrogen-bond acceptors (Lipinski definition) is 4. The summed E-state index contributed by atoms with van der Waals surface area (Å²) in [7, 11) is 2.00. The van der Waals surface area contributed by atoms with E-state index in [1.54, 1.807) is 12.5 Å². The predicted octanol–water partition coefficient (Wildman–Crippen LogP) is 2.72. The van der Waals surface area contributed by atoms with E-state index in [2.05, 4.69) is 10.3 Å². The predicted molar refractivity (Wildman–Crippen MR) is 69.1 cm³/mol.